The molecule has 1 fully saturated rings. The van der Waals surface area contributed by atoms with E-state index in [9.17, 15) is 9.90 Å². The van der Waals surface area contributed by atoms with Crippen LogP contribution in [0.3, 0.4) is 0 Å². The van der Waals surface area contributed by atoms with Crippen molar-refractivity contribution in [3.05, 3.63) is 64.7 Å². The Hall–Kier alpha value is -2.14. The van der Waals surface area contributed by atoms with Crippen LogP contribution in [0.1, 0.15) is 95.3 Å². The second-order valence-electron chi connectivity index (χ2n) is 12.4. The van der Waals surface area contributed by atoms with E-state index in [0.29, 0.717) is 36.2 Å². The molecular weight excluding hydrogens is 524 g/mol. The SMILES string of the molecule is Br.CCC[C@H]1CN(CC(=O)c2cc(C(C)(C)C)c(O)c(C(C)(C)C)c2)C(=NCC)[C@@H]1Cc1ccccc1. The van der Waals surface area contributed by atoms with E-state index in [1.54, 1.807) is 0 Å². The largest absolute Gasteiger partial charge is 0.507 e. The maximum absolute atomic E-state index is 13.8. The van der Waals surface area contributed by atoms with Crippen LogP contribution in [0.5, 0.6) is 5.75 Å². The first kappa shape index (κ1) is 31.1. The number of Topliss-reactive ketones (excluding diaryl/α,β-unsaturated/α-hetero) is 1. The fourth-order valence-corrected chi connectivity index (χ4v) is 5.47. The van der Waals surface area contributed by atoms with Crippen molar-refractivity contribution in [2.45, 2.75) is 85.5 Å². The van der Waals surface area contributed by atoms with Gasteiger partial charge in [-0.05, 0) is 54.2 Å². The number of ketones is 1. The number of likely N-dealkylation sites (tertiary alicyclic amines) is 1. The summed E-state index contributed by atoms with van der Waals surface area (Å²) in [5, 5.41) is 11.1. The van der Waals surface area contributed by atoms with Crippen LogP contribution in [-0.2, 0) is 17.3 Å². The van der Waals surface area contributed by atoms with Gasteiger partial charge in [0.25, 0.3) is 0 Å². The van der Waals surface area contributed by atoms with Crippen molar-refractivity contribution in [3.8, 4) is 5.75 Å². The molecule has 2 atom stereocenters. The van der Waals surface area contributed by atoms with Crippen LogP contribution in [-0.4, -0.2) is 41.3 Å². The lowest BCUT2D eigenvalue weighted by atomic mass is 9.78. The molecule has 2 aromatic carbocycles. The minimum Gasteiger partial charge on any atom is -0.507 e. The van der Waals surface area contributed by atoms with Crippen molar-refractivity contribution in [1.29, 1.82) is 0 Å². The Morgan fingerprint density at radius 2 is 1.57 bits per heavy atom. The first-order valence-corrected chi connectivity index (χ1v) is 13.6. The van der Waals surface area contributed by atoms with Crippen molar-refractivity contribution in [2.24, 2.45) is 16.8 Å². The van der Waals surface area contributed by atoms with Crippen molar-refractivity contribution in [3.63, 3.8) is 0 Å². The smallest absolute Gasteiger partial charge is 0.182 e. The molecular formula is C32H47BrN2O2. The number of amidine groups is 1. The molecule has 37 heavy (non-hydrogen) atoms. The van der Waals surface area contributed by atoms with Gasteiger partial charge in [-0.2, -0.15) is 0 Å². The van der Waals surface area contributed by atoms with E-state index in [-0.39, 0.29) is 33.6 Å². The van der Waals surface area contributed by atoms with E-state index in [4.69, 9.17) is 4.99 Å². The number of halogens is 1. The monoisotopic (exact) mass is 570 g/mol. The summed E-state index contributed by atoms with van der Waals surface area (Å²) in [5.74, 6) is 2.30. The molecule has 2 aromatic rings. The van der Waals surface area contributed by atoms with Gasteiger partial charge >= 0.3 is 0 Å². The van der Waals surface area contributed by atoms with Gasteiger partial charge in [0.2, 0.25) is 0 Å². The van der Waals surface area contributed by atoms with E-state index < -0.39 is 0 Å². The zero-order valence-electron chi connectivity index (χ0n) is 24.1. The van der Waals surface area contributed by atoms with Crippen LogP contribution >= 0.6 is 17.0 Å². The number of aliphatic imine (C=N–C) groups is 1. The summed E-state index contributed by atoms with van der Waals surface area (Å²) in [4.78, 5) is 20.9. The van der Waals surface area contributed by atoms with Gasteiger partial charge in [-0.3, -0.25) is 9.79 Å². The summed E-state index contributed by atoms with van der Waals surface area (Å²) in [6.45, 7) is 18.7. The van der Waals surface area contributed by atoms with Gasteiger partial charge in [0.05, 0.1) is 6.54 Å². The van der Waals surface area contributed by atoms with Crippen LogP contribution in [0.4, 0.5) is 0 Å². The highest BCUT2D eigenvalue weighted by atomic mass is 79.9. The maximum Gasteiger partial charge on any atom is 0.182 e. The molecule has 4 nitrogen and oxygen atoms in total. The molecule has 1 heterocycles. The van der Waals surface area contributed by atoms with Gasteiger partial charge in [0, 0.05) is 35.7 Å². The third kappa shape index (κ3) is 7.46. The van der Waals surface area contributed by atoms with Crippen LogP contribution < -0.4 is 0 Å². The van der Waals surface area contributed by atoms with E-state index in [2.05, 4.69) is 90.6 Å². The number of phenols is 1. The molecule has 0 spiro atoms. The normalized spacial score (nSPS) is 19.2. The van der Waals surface area contributed by atoms with Gasteiger partial charge in [0.1, 0.15) is 11.6 Å². The summed E-state index contributed by atoms with van der Waals surface area (Å²) in [5.41, 5.74) is 3.12. The van der Waals surface area contributed by atoms with Gasteiger partial charge in [-0.1, -0.05) is 85.2 Å². The maximum atomic E-state index is 13.8. The van der Waals surface area contributed by atoms with Crippen LogP contribution in [0.25, 0.3) is 0 Å². The van der Waals surface area contributed by atoms with Crippen LogP contribution in [0.2, 0.25) is 0 Å². The average Bonchev–Trinajstić information content (AvgIpc) is 3.09. The number of hydrogen-bond donors (Lipinski definition) is 1. The van der Waals surface area contributed by atoms with Gasteiger partial charge in [-0.25, -0.2) is 0 Å². The average molecular weight is 572 g/mol. The zero-order chi connectivity index (χ0) is 26.7. The highest BCUT2D eigenvalue weighted by Gasteiger charge is 2.38. The molecule has 5 heteroatoms. The Kier molecular flexibility index (Phi) is 10.6. The van der Waals surface area contributed by atoms with E-state index in [1.807, 2.05) is 12.1 Å². The molecule has 0 radical (unpaired) electrons. The summed E-state index contributed by atoms with van der Waals surface area (Å²) >= 11 is 0. The molecule has 204 valence electrons. The summed E-state index contributed by atoms with van der Waals surface area (Å²) in [6.07, 6.45) is 3.21. The number of rotatable bonds is 8. The van der Waals surface area contributed by atoms with Crippen molar-refractivity contribution < 1.29 is 9.90 Å². The van der Waals surface area contributed by atoms with Gasteiger partial charge < -0.3 is 10.0 Å². The predicted molar refractivity (Wildman–Crippen MR) is 162 cm³/mol. The van der Waals surface area contributed by atoms with Gasteiger partial charge in [0.15, 0.2) is 5.78 Å². The number of phenolic OH excluding ortho intramolecular Hbond substituents is 1. The van der Waals surface area contributed by atoms with Crippen molar-refractivity contribution >= 4 is 28.6 Å². The van der Waals surface area contributed by atoms with E-state index in [0.717, 1.165) is 42.8 Å². The highest BCUT2D eigenvalue weighted by molar-refractivity contribution is 8.93. The number of carbonyl (C=O) groups is 1. The van der Waals surface area contributed by atoms with Crippen molar-refractivity contribution in [2.75, 3.05) is 19.6 Å². The molecule has 3 rings (SSSR count). The number of hydrogen-bond acceptors (Lipinski definition) is 3. The Balaban J connectivity index is 0.00000481. The minimum atomic E-state index is -0.268. The molecule has 1 aliphatic rings. The Morgan fingerprint density at radius 1 is 1.00 bits per heavy atom. The fraction of sp³-hybridized carbons (Fsp3) is 0.562. The first-order valence-electron chi connectivity index (χ1n) is 13.6. The molecule has 0 aromatic heterocycles. The summed E-state index contributed by atoms with van der Waals surface area (Å²) in [6, 6.07) is 14.5. The fourth-order valence-electron chi connectivity index (χ4n) is 5.47. The van der Waals surface area contributed by atoms with Crippen molar-refractivity contribution in [1.82, 2.24) is 4.90 Å². The standard InChI is InChI=1S/C32H46N2O2.BrH/c1-9-14-23-20-34(30(33-10-2)25(23)17-22-15-12-11-13-16-22)21-28(35)24-18-26(31(3,4)5)29(36)27(19-24)32(6,7)8;/h11-13,15-16,18-19,23,25,36H,9-10,14,17,20-21H2,1-8H3;1H/t23-,25+;/m0./s1. The Morgan fingerprint density at radius 3 is 2.05 bits per heavy atom. The molecule has 0 aliphatic carbocycles. The minimum absolute atomic E-state index is 0. The van der Waals surface area contributed by atoms with E-state index in [1.165, 1.54) is 5.56 Å². The lowest BCUT2D eigenvalue weighted by molar-refractivity contribution is 0.0963. The second kappa shape index (κ2) is 12.6. The Bertz CT molecular complexity index is 1050. The van der Waals surface area contributed by atoms with Gasteiger partial charge in [-0.15, -0.1) is 17.0 Å². The second-order valence-corrected chi connectivity index (χ2v) is 12.4. The Labute approximate surface area is 235 Å². The molecule has 1 aliphatic heterocycles. The third-order valence-electron chi connectivity index (χ3n) is 7.34. The zero-order valence-corrected chi connectivity index (χ0v) is 25.8. The number of carbonyl (C=O) groups excluding carboxylic acids is 1. The molecule has 0 amide bonds. The summed E-state index contributed by atoms with van der Waals surface area (Å²) in [7, 11) is 0. The number of benzene rings is 2. The lowest BCUT2D eigenvalue weighted by Crippen LogP contribution is -2.34. The molecule has 1 saturated heterocycles. The molecule has 0 saturated carbocycles. The lowest BCUT2D eigenvalue weighted by Gasteiger charge is -2.28. The third-order valence-corrected chi connectivity index (χ3v) is 7.34. The molecule has 1 N–H and O–H groups in total. The molecule has 0 bridgehead atoms. The summed E-state index contributed by atoms with van der Waals surface area (Å²) < 4.78 is 0. The number of aromatic hydroxyl groups is 1. The first-order chi connectivity index (χ1) is 16.9. The topological polar surface area (TPSA) is 52.9 Å². The van der Waals surface area contributed by atoms with E-state index >= 15 is 0 Å². The quantitative estimate of drug-likeness (QED) is 0.330. The highest BCUT2D eigenvalue weighted by Crippen LogP contribution is 2.40. The number of nitrogens with zero attached hydrogens (tertiary/aromatic N) is 2. The molecule has 0 unspecified atom stereocenters. The van der Waals surface area contributed by atoms with Crippen LogP contribution in [0.15, 0.2) is 47.5 Å². The van der Waals surface area contributed by atoms with Crippen LogP contribution in [0, 0.1) is 11.8 Å². The predicted octanol–water partition coefficient (Wildman–Crippen LogP) is 7.76.